The number of nitrogens with one attached hydrogen (secondary N) is 1. The van der Waals surface area contributed by atoms with Crippen molar-refractivity contribution in [3.8, 4) is 11.5 Å². The number of rotatable bonds is 5. The first-order valence-electron chi connectivity index (χ1n) is 6.44. The van der Waals surface area contributed by atoms with Crippen molar-refractivity contribution in [2.75, 3.05) is 19.5 Å². The van der Waals surface area contributed by atoms with Crippen molar-refractivity contribution >= 4 is 17.7 Å². The van der Waals surface area contributed by atoms with Gasteiger partial charge in [0.2, 0.25) is 0 Å². The van der Waals surface area contributed by atoms with Crippen molar-refractivity contribution in [2.24, 2.45) is 0 Å². The van der Waals surface area contributed by atoms with E-state index in [9.17, 15) is 4.79 Å². The lowest BCUT2D eigenvalue weighted by Crippen LogP contribution is -2.12. The van der Waals surface area contributed by atoms with Crippen LogP contribution in [0.3, 0.4) is 0 Å². The maximum absolute atomic E-state index is 12.3. The number of ether oxygens (including phenoxy) is 2. The normalized spacial score (nSPS) is 9.81. The Hall–Kier alpha value is -2.75. The molecule has 1 amide bonds. The van der Waals surface area contributed by atoms with Crippen LogP contribution in [-0.4, -0.2) is 20.1 Å². The van der Waals surface area contributed by atoms with Gasteiger partial charge in [0.25, 0.3) is 5.91 Å². The molecule has 0 heterocycles. The number of carbonyl (C=O) groups is 1. The van der Waals surface area contributed by atoms with Crippen molar-refractivity contribution in [1.29, 1.82) is 0 Å². The van der Waals surface area contributed by atoms with Gasteiger partial charge in [-0.15, -0.1) is 0 Å². The van der Waals surface area contributed by atoms with Crippen LogP contribution in [0.25, 0.3) is 6.08 Å². The minimum atomic E-state index is -0.217. The summed E-state index contributed by atoms with van der Waals surface area (Å²) in [5.74, 6) is 0.882. The monoisotopic (exact) mass is 283 g/mol. The largest absolute Gasteiger partial charge is 0.493 e. The maximum atomic E-state index is 12.3. The Morgan fingerprint density at radius 1 is 1.10 bits per heavy atom. The zero-order chi connectivity index (χ0) is 15.2. The van der Waals surface area contributed by atoms with Gasteiger partial charge in [0, 0.05) is 11.3 Å². The molecule has 0 bridgehead atoms. The number of carbonyl (C=O) groups excluding carboxylic acids is 1. The molecule has 108 valence electrons. The topological polar surface area (TPSA) is 47.6 Å². The molecule has 0 radical (unpaired) electrons. The first-order chi connectivity index (χ1) is 10.2. The van der Waals surface area contributed by atoms with Crippen molar-refractivity contribution in [1.82, 2.24) is 0 Å². The lowest BCUT2D eigenvalue weighted by Gasteiger charge is -2.11. The van der Waals surface area contributed by atoms with E-state index in [4.69, 9.17) is 9.47 Å². The van der Waals surface area contributed by atoms with E-state index >= 15 is 0 Å². The number of amides is 1. The molecule has 0 aliphatic heterocycles. The maximum Gasteiger partial charge on any atom is 0.255 e. The number of methoxy groups -OCH3 is 2. The Morgan fingerprint density at radius 3 is 2.48 bits per heavy atom. The fourth-order valence-corrected chi connectivity index (χ4v) is 1.96. The van der Waals surface area contributed by atoms with Gasteiger partial charge in [-0.05, 0) is 29.8 Å². The molecule has 0 saturated carbocycles. The number of para-hydroxylation sites is 1. The molecule has 1 N–H and O–H groups in total. The second-order valence-electron chi connectivity index (χ2n) is 4.32. The van der Waals surface area contributed by atoms with E-state index in [0.29, 0.717) is 22.7 Å². The fraction of sp³-hybridized carbons (Fsp3) is 0.118. The standard InChI is InChI=1S/C17H17NO3/c1-4-12-7-5-6-8-14(12)18-17(19)13-9-10-15(20-2)16(11-13)21-3/h4-11H,1H2,2-3H3,(H,18,19). The van der Waals surface area contributed by atoms with E-state index in [0.717, 1.165) is 5.56 Å². The van der Waals surface area contributed by atoms with E-state index < -0.39 is 0 Å². The van der Waals surface area contributed by atoms with E-state index in [1.807, 2.05) is 24.3 Å². The predicted molar refractivity (Wildman–Crippen MR) is 84.0 cm³/mol. The second kappa shape index (κ2) is 6.61. The summed E-state index contributed by atoms with van der Waals surface area (Å²) < 4.78 is 10.4. The molecule has 0 aliphatic carbocycles. The van der Waals surface area contributed by atoms with Gasteiger partial charge in [-0.25, -0.2) is 0 Å². The summed E-state index contributed by atoms with van der Waals surface area (Å²) >= 11 is 0. The third kappa shape index (κ3) is 3.23. The third-order valence-corrected chi connectivity index (χ3v) is 3.07. The molecule has 2 aromatic carbocycles. The fourth-order valence-electron chi connectivity index (χ4n) is 1.96. The highest BCUT2D eigenvalue weighted by molar-refractivity contribution is 6.05. The number of benzene rings is 2. The van der Waals surface area contributed by atoms with Gasteiger partial charge < -0.3 is 14.8 Å². The van der Waals surface area contributed by atoms with Crippen LogP contribution in [0.1, 0.15) is 15.9 Å². The first kappa shape index (κ1) is 14.7. The summed E-state index contributed by atoms with van der Waals surface area (Å²) in [7, 11) is 3.09. The van der Waals surface area contributed by atoms with Crippen LogP contribution in [0.2, 0.25) is 0 Å². The van der Waals surface area contributed by atoms with Gasteiger partial charge in [0.15, 0.2) is 11.5 Å². The molecule has 0 spiro atoms. The molecule has 0 aromatic heterocycles. The Labute approximate surface area is 124 Å². The molecule has 0 fully saturated rings. The van der Waals surface area contributed by atoms with Gasteiger partial charge in [-0.1, -0.05) is 30.9 Å². The molecule has 4 nitrogen and oxygen atoms in total. The molecule has 0 unspecified atom stereocenters. The van der Waals surface area contributed by atoms with Gasteiger partial charge in [0.05, 0.1) is 14.2 Å². The van der Waals surface area contributed by atoms with Gasteiger partial charge in [-0.3, -0.25) is 4.79 Å². The van der Waals surface area contributed by atoms with Crippen LogP contribution < -0.4 is 14.8 Å². The van der Waals surface area contributed by atoms with Crippen molar-refractivity contribution in [3.63, 3.8) is 0 Å². The minimum Gasteiger partial charge on any atom is -0.493 e. The molecule has 2 rings (SSSR count). The summed E-state index contributed by atoms with van der Waals surface area (Å²) in [4.78, 5) is 12.3. The lowest BCUT2D eigenvalue weighted by molar-refractivity contribution is 0.102. The van der Waals surface area contributed by atoms with Gasteiger partial charge in [-0.2, -0.15) is 0 Å². The van der Waals surface area contributed by atoms with E-state index in [1.165, 1.54) is 7.11 Å². The van der Waals surface area contributed by atoms with Crippen LogP contribution >= 0.6 is 0 Å². The highest BCUT2D eigenvalue weighted by Crippen LogP contribution is 2.28. The smallest absolute Gasteiger partial charge is 0.255 e. The Kier molecular flexibility index (Phi) is 4.61. The molecule has 2 aromatic rings. The van der Waals surface area contributed by atoms with E-state index in [1.54, 1.807) is 31.4 Å². The lowest BCUT2D eigenvalue weighted by atomic mass is 10.1. The summed E-state index contributed by atoms with van der Waals surface area (Å²) in [6.07, 6.45) is 1.70. The highest BCUT2D eigenvalue weighted by Gasteiger charge is 2.11. The SMILES string of the molecule is C=Cc1ccccc1NC(=O)c1ccc(OC)c(OC)c1. The molecule has 0 saturated heterocycles. The molecule has 0 aliphatic rings. The predicted octanol–water partition coefficient (Wildman–Crippen LogP) is 3.60. The average molecular weight is 283 g/mol. The number of hydrogen-bond acceptors (Lipinski definition) is 3. The van der Waals surface area contributed by atoms with E-state index in [2.05, 4.69) is 11.9 Å². The van der Waals surface area contributed by atoms with Crippen LogP contribution in [0, 0.1) is 0 Å². The molecule has 0 atom stereocenters. The van der Waals surface area contributed by atoms with Gasteiger partial charge >= 0.3 is 0 Å². The van der Waals surface area contributed by atoms with Crippen LogP contribution in [0.15, 0.2) is 49.0 Å². The van der Waals surface area contributed by atoms with Crippen LogP contribution in [0.5, 0.6) is 11.5 Å². The van der Waals surface area contributed by atoms with Crippen LogP contribution in [0.4, 0.5) is 5.69 Å². The molecular weight excluding hydrogens is 266 g/mol. The Balaban J connectivity index is 2.26. The first-order valence-corrected chi connectivity index (χ1v) is 6.44. The minimum absolute atomic E-state index is 0.217. The Bertz CT molecular complexity index is 665. The third-order valence-electron chi connectivity index (χ3n) is 3.07. The van der Waals surface area contributed by atoms with E-state index in [-0.39, 0.29) is 5.91 Å². The second-order valence-corrected chi connectivity index (χ2v) is 4.32. The number of hydrogen-bond donors (Lipinski definition) is 1. The van der Waals surface area contributed by atoms with Crippen molar-refractivity contribution in [3.05, 3.63) is 60.2 Å². The molecule has 4 heteroatoms. The van der Waals surface area contributed by atoms with Gasteiger partial charge in [0.1, 0.15) is 0 Å². The molecular formula is C17H17NO3. The summed E-state index contributed by atoms with van der Waals surface area (Å²) in [6, 6.07) is 12.5. The zero-order valence-electron chi connectivity index (χ0n) is 12.1. The Morgan fingerprint density at radius 2 is 1.81 bits per heavy atom. The number of anilines is 1. The molecule has 21 heavy (non-hydrogen) atoms. The summed E-state index contributed by atoms with van der Waals surface area (Å²) in [5.41, 5.74) is 2.07. The quantitative estimate of drug-likeness (QED) is 0.912. The van der Waals surface area contributed by atoms with Crippen molar-refractivity contribution < 1.29 is 14.3 Å². The summed E-state index contributed by atoms with van der Waals surface area (Å²) in [5, 5.41) is 2.86. The zero-order valence-corrected chi connectivity index (χ0v) is 12.1. The highest BCUT2D eigenvalue weighted by atomic mass is 16.5. The van der Waals surface area contributed by atoms with Crippen molar-refractivity contribution in [2.45, 2.75) is 0 Å². The average Bonchev–Trinajstić information content (AvgIpc) is 2.54. The summed E-state index contributed by atoms with van der Waals surface area (Å²) in [6.45, 7) is 3.73. The van der Waals surface area contributed by atoms with Crippen LogP contribution in [-0.2, 0) is 0 Å².